The zero-order chi connectivity index (χ0) is 18.7. The van der Waals surface area contributed by atoms with Crippen molar-refractivity contribution in [1.29, 1.82) is 0 Å². The van der Waals surface area contributed by atoms with Gasteiger partial charge in [-0.2, -0.15) is 0 Å². The molecule has 1 aliphatic heterocycles. The van der Waals surface area contributed by atoms with Crippen LogP contribution in [0.5, 0.6) is 0 Å². The summed E-state index contributed by atoms with van der Waals surface area (Å²) in [5.41, 5.74) is 2.83. The molecule has 2 aromatic rings. The predicted molar refractivity (Wildman–Crippen MR) is 108 cm³/mol. The fourth-order valence-corrected chi connectivity index (χ4v) is 4.02. The molecule has 0 bridgehead atoms. The van der Waals surface area contributed by atoms with Gasteiger partial charge in [-0.3, -0.25) is 4.79 Å². The lowest BCUT2D eigenvalue weighted by molar-refractivity contribution is -0.125. The number of amides is 1. The van der Waals surface area contributed by atoms with Crippen molar-refractivity contribution in [3.05, 3.63) is 46.2 Å². The SMILES string of the molecule is CC(=O)CCC(C)(C)C(=O)Nc1ccc(N2CCc3sccc3C2)cc1. The quantitative estimate of drug-likeness (QED) is 0.805. The van der Waals surface area contributed by atoms with Crippen LogP contribution in [0.25, 0.3) is 0 Å². The number of fused-ring (bicyclic) bond motifs is 1. The minimum absolute atomic E-state index is 0.0487. The molecule has 0 fully saturated rings. The number of Topliss-reactive ketones (excluding diaryl/α,β-unsaturated/α-hetero) is 1. The molecule has 1 aliphatic rings. The summed E-state index contributed by atoms with van der Waals surface area (Å²) >= 11 is 1.84. The maximum Gasteiger partial charge on any atom is 0.230 e. The van der Waals surface area contributed by atoms with Crippen molar-refractivity contribution in [2.75, 3.05) is 16.8 Å². The number of carbonyl (C=O) groups excluding carboxylic acids is 2. The van der Waals surface area contributed by atoms with Gasteiger partial charge in [0.25, 0.3) is 0 Å². The molecular weight excluding hydrogens is 344 g/mol. The Labute approximate surface area is 159 Å². The minimum atomic E-state index is -0.563. The summed E-state index contributed by atoms with van der Waals surface area (Å²) < 4.78 is 0. The number of hydrogen-bond donors (Lipinski definition) is 1. The average molecular weight is 371 g/mol. The zero-order valence-corrected chi connectivity index (χ0v) is 16.5. The third-order valence-corrected chi connectivity index (χ3v) is 6.04. The van der Waals surface area contributed by atoms with E-state index in [9.17, 15) is 9.59 Å². The van der Waals surface area contributed by atoms with E-state index in [1.54, 1.807) is 6.92 Å². The van der Waals surface area contributed by atoms with Gasteiger partial charge in [0.05, 0.1) is 0 Å². The number of carbonyl (C=O) groups is 2. The third kappa shape index (κ3) is 4.33. The molecule has 26 heavy (non-hydrogen) atoms. The molecule has 1 aromatic heterocycles. The second kappa shape index (κ2) is 7.62. The largest absolute Gasteiger partial charge is 0.367 e. The fraction of sp³-hybridized carbons (Fsp3) is 0.429. The Kier molecular flexibility index (Phi) is 5.47. The van der Waals surface area contributed by atoms with E-state index in [2.05, 4.69) is 33.8 Å². The van der Waals surface area contributed by atoms with Crippen LogP contribution in [0.15, 0.2) is 35.7 Å². The van der Waals surface area contributed by atoms with Gasteiger partial charge in [-0.25, -0.2) is 0 Å². The van der Waals surface area contributed by atoms with Crippen molar-refractivity contribution >= 4 is 34.4 Å². The van der Waals surface area contributed by atoms with E-state index in [1.165, 1.54) is 16.1 Å². The number of thiophene rings is 1. The van der Waals surface area contributed by atoms with Crippen LogP contribution >= 0.6 is 11.3 Å². The molecule has 138 valence electrons. The van der Waals surface area contributed by atoms with Crippen molar-refractivity contribution in [2.24, 2.45) is 5.41 Å². The maximum absolute atomic E-state index is 12.5. The van der Waals surface area contributed by atoms with Gasteiger partial charge in [0.2, 0.25) is 5.91 Å². The summed E-state index contributed by atoms with van der Waals surface area (Å²) in [5, 5.41) is 5.15. The first kappa shape index (κ1) is 18.6. The van der Waals surface area contributed by atoms with Crippen molar-refractivity contribution in [2.45, 2.75) is 46.6 Å². The summed E-state index contributed by atoms with van der Waals surface area (Å²) in [6.07, 6.45) is 2.08. The first-order valence-corrected chi connectivity index (χ1v) is 9.94. The van der Waals surface area contributed by atoms with E-state index in [4.69, 9.17) is 0 Å². The van der Waals surface area contributed by atoms with Gasteiger partial charge in [0, 0.05) is 41.2 Å². The molecule has 0 spiro atoms. The van der Waals surface area contributed by atoms with E-state index >= 15 is 0 Å². The van der Waals surface area contributed by atoms with Gasteiger partial charge in [-0.05, 0) is 61.0 Å². The van der Waals surface area contributed by atoms with E-state index < -0.39 is 5.41 Å². The van der Waals surface area contributed by atoms with Gasteiger partial charge < -0.3 is 15.0 Å². The number of benzene rings is 1. The number of nitrogens with zero attached hydrogens (tertiary/aromatic N) is 1. The molecule has 0 aliphatic carbocycles. The van der Waals surface area contributed by atoms with Crippen LogP contribution < -0.4 is 10.2 Å². The number of hydrogen-bond acceptors (Lipinski definition) is 4. The van der Waals surface area contributed by atoms with E-state index in [1.807, 2.05) is 37.3 Å². The van der Waals surface area contributed by atoms with Gasteiger partial charge >= 0.3 is 0 Å². The molecule has 1 N–H and O–H groups in total. The molecule has 4 nitrogen and oxygen atoms in total. The highest BCUT2D eigenvalue weighted by Gasteiger charge is 2.27. The Morgan fingerprint density at radius 2 is 1.92 bits per heavy atom. The van der Waals surface area contributed by atoms with Crippen LogP contribution in [-0.2, 0) is 22.6 Å². The molecular formula is C21H26N2O2S. The molecule has 0 radical (unpaired) electrons. The molecule has 0 unspecified atom stereocenters. The molecule has 1 amide bonds. The van der Waals surface area contributed by atoms with Crippen LogP contribution in [0, 0.1) is 5.41 Å². The van der Waals surface area contributed by atoms with Gasteiger partial charge in [-0.1, -0.05) is 13.8 Å². The van der Waals surface area contributed by atoms with Gasteiger partial charge in [0.1, 0.15) is 5.78 Å². The van der Waals surface area contributed by atoms with E-state index in [-0.39, 0.29) is 11.7 Å². The highest BCUT2D eigenvalue weighted by atomic mass is 32.1. The summed E-state index contributed by atoms with van der Waals surface area (Å²) in [6.45, 7) is 7.30. The molecule has 3 rings (SSSR count). The highest BCUT2D eigenvalue weighted by Crippen LogP contribution is 2.29. The number of anilines is 2. The highest BCUT2D eigenvalue weighted by molar-refractivity contribution is 7.10. The number of nitrogens with one attached hydrogen (secondary N) is 1. The fourth-order valence-electron chi connectivity index (χ4n) is 3.13. The lowest BCUT2D eigenvalue weighted by Gasteiger charge is -2.29. The molecule has 5 heteroatoms. The second-order valence-corrected chi connectivity index (χ2v) is 8.63. The van der Waals surface area contributed by atoms with Crippen molar-refractivity contribution in [3.8, 4) is 0 Å². The smallest absolute Gasteiger partial charge is 0.230 e. The standard InChI is InChI=1S/C21H26N2O2S/c1-15(24)8-11-21(2,3)20(25)22-17-4-6-18(7-5-17)23-12-9-19-16(14-23)10-13-26-19/h4-7,10,13H,8-9,11-12,14H2,1-3H3,(H,22,25). The Morgan fingerprint density at radius 1 is 1.19 bits per heavy atom. The van der Waals surface area contributed by atoms with E-state index in [0.29, 0.717) is 12.8 Å². The Morgan fingerprint density at radius 3 is 2.62 bits per heavy atom. The first-order valence-electron chi connectivity index (χ1n) is 9.06. The summed E-state index contributed by atoms with van der Waals surface area (Å²) in [4.78, 5) is 27.6. The molecule has 0 saturated carbocycles. The lowest BCUT2D eigenvalue weighted by Crippen LogP contribution is -2.31. The lowest BCUT2D eigenvalue weighted by atomic mass is 9.86. The molecule has 0 atom stereocenters. The normalized spacial score (nSPS) is 14.0. The average Bonchev–Trinajstić information content (AvgIpc) is 3.08. The topological polar surface area (TPSA) is 49.4 Å². The van der Waals surface area contributed by atoms with E-state index in [0.717, 1.165) is 25.2 Å². The van der Waals surface area contributed by atoms with Crippen LogP contribution in [0.4, 0.5) is 11.4 Å². The second-order valence-electron chi connectivity index (χ2n) is 7.63. The number of ketones is 1. The van der Waals surface area contributed by atoms with Crippen LogP contribution in [0.1, 0.15) is 44.1 Å². The Bertz CT molecular complexity index is 793. The third-order valence-electron chi connectivity index (χ3n) is 5.01. The summed E-state index contributed by atoms with van der Waals surface area (Å²) in [5.74, 6) is 0.0675. The van der Waals surface area contributed by atoms with Gasteiger partial charge in [-0.15, -0.1) is 11.3 Å². The number of rotatable bonds is 6. The molecule has 2 heterocycles. The molecule has 1 aromatic carbocycles. The Hall–Kier alpha value is -2.14. The van der Waals surface area contributed by atoms with Crippen molar-refractivity contribution < 1.29 is 9.59 Å². The molecule has 0 saturated heterocycles. The van der Waals surface area contributed by atoms with Crippen molar-refractivity contribution in [1.82, 2.24) is 0 Å². The zero-order valence-electron chi connectivity index (χ0n) is 15.7. The Balaban J connectivity index is 1.61. The van der Waals surface area contributed by atoms with Crippen molar-refractivity contribution in [3.63, 3.8) is 0 Å². The van der Waals surface area contributed by atoms with Gasteiger partial charge in [0.15, 0.2) is 0 Å². The summed E-state index contributed by atoms with van der Waals surface area (Å²) in [7, 11) is 0. The first-order chi connectivity index (χ1) is 12.3. The van der Waals surface area contributed by atoms with Crippen LogP contribution in [-0.4, -0.2) is 18.2 Å². The monoisotopic (exact) mass is 370 g/mol. The maximum atomic E-state index is 12.5. The van der Waals surface area contributed by atoms with Crippen LogP contribution in [0.2, 0.25) is 0 Å². The van der Waals surface area contributed by atoms with Crippen LogP contribution in [0.3, 0.4) is 0 Å². The summed E-state index contributed by atoms with van der Waals surface area (Å²) in [6, 6.07) is 10.3. The predicted octanol–water partition coefficient (Wildman–Crippen LogP) is 4.64. The minimum Gasteiger partial charge on any atom is -0.367 e.